The summed E-state index contributed by atoms with van der Waals surface area (Å²) in [4.78, 5) is 22.8. The van der Waals surface area contributed by atoms with Crippen LogP contribution < -0.4 is 0 Å². The Morgan fingerprint density at radius 1 is 1.10 bits per heavy atom. The van der Waals surface area contributed by atoms with Crippen molar-refractivity contribution in [3.8, 4) is 0 Å². The Hall–Kier alpha value is -1.85. The number of hydrogen-bond donors (Lipinski definition) is 0. The Balaban J connectivity index is 3.71. The quantitative estimate of drug-likeness (QED) is 0.802. The molecule has 3 nitrogen and oxygen atoms in total. The number of hydrogen-bond acceptors (Lipinski definition) is 3. The molecule has 0 fully saturated rings. The zero-order valence-electron chi connectivity index (χ0n) is 11.6. The smallest absolute Gasteiger partial charge is 0.436 e. The minimum absolute atomic E-state index is 0.226. The molecule has 0 unspecified atom stereocenters. The molecule has 20 heavy (non-hydrogen) atoms. The van der Waals surface area contributed by atoms with E-state index in [-0.39, 0.29) is 11.1 Å². The van der Waals surface area contributed by atoms with Crippen LogP contribution in [0, 0.1) is 13.8 Å². The molecule has 0 saturated carbocycles. The van der Waals surface area contributed by atoms with Crippen molar-refractivity contribution in [2.45, 2.75) is 39.5 Å². The lowest BCUT2D eigenvalue weighted by Crippen LogP contribution is -2.51. The summed E-state index contributed by atoms with van der Waals surface area (Å²) >= 11 is 0. The molecule has 0 N–H and O–H groups in total. The first-order valence-corrected chi connectivity index (χ1v) is 5.87. The van der Waals surface area contributed by atoms with E-state index in [1.807, 2.05) is 0 Å². The largest absolute Gasteiger partial charge is 0.440 e. The first kappa shape index (κ1) is 16.2. The van der Waals surface area contributed by atoms with Crippen LogP contribution in [0.5, 0.6) is 0 Å². The fraction of sp³-hybridized carbons (Fsp3) is 0.429. The molecule has 0 aromatic heterocycles. The highest BCUT2D eigenvalue weighted by Crippen LogP contribution is 2.44. The van der Waals surface area contributed by atoms with E-state index in [2.05, 4.69) is 4.74 Å². The number of halogens is 3. The maximum absolute atomic E-state index is 13.5. The van der Waals surface area contributed by atoms with Crippen molar-refractivity contribution in [2.75, 3.05) is 0 Å². The van der Waals surface area contributed by atoms with Crippen molar-refractivity contribution in [1.29, 1.82) is 0 Å². The molecule has 6 heteroatoms. The molecule has 0 aliphatic rings. The third-order valence-electron chi connectivity index (χ3n) is 2.96. The number of esters is 1. The van der Waals surface area contributed by atoms with E-state index in [4.69, 9.17) is 0 Å². The molecular formula is C14H15F3O3. The van der Waals surface area contributed by atoms with Crippen molar-refractivity contribution >= 4 is 11.8 Å². The fourth-order valence-electron chi connectivity index (χ4n) is 2.06. The lowest BCUT2D eigenvalue weighted by molar-refractivity contribution is -0.264. The van der Waals surface area contributed by atoms with Crippen LogP contribution in [0.3, 0.4) is 0 Å². The van der Waals surface area contributed by atoms with Gasteiger partial charge in [0.1, 0.15) is 0 Å². The maximum Gasteiger partial charge on any atom is 0.440 e. The topological polar surface area (TPSA) is 43.4 Å². The second kappa shape index (κ2) is 5.26. The molecule has 0 aliphatic heterocycles. The zero-order valence-corrected chi connectivity index (χ0v) is 11.6. The Labute approximate surface area is 114 Å². The summed E-state index contributed by atoms with van der Waals surface area (Å²) in [6, 6.07) is 4.29. The van der Waals surface area contributed by atoms with Gasteiger partial charge in [0.2, 0.25) is 0 Å². The number of benzene rings is 1. The minimum atomic E-state index is -5.04. The minimum Gasteiger partial charge on any atom is -0.436 e. The highest BCUT2D eigenvalue weighted by atomic mass is 19.4. The summed E-state index contributed by atoms with van der Waals surface area (Å²) in [6.07, 6.45) is -5.04. The standard InChI is InChI=1S/C14H15F3O3/c1-8-5-6-9(2)12(7-8)13(10(3)18,14(15,16)17)20-11(4)19/h5-7H,1-4H3/t13-/m0/s1. The van der Waals surface area contributed by atoms with Gasteiger partial charge in [-0.05, 0) is 26.3 Å². The number of ketones is 1. The van der Waals surface area contributed by atoms with Crippen molar-refractivity contribution < 1.29 is 27.5 Å². The number of Topliss-reactive ketones (excluding diaryl/α,β-unsaturated/α-hetero) is 1. The Bertz CT molecular complexity index is 549. The normalized spacial score (nSPS) is 14.6. The van der Waals surface area contributed by atoms with Gasteiger partial charge in [-0.25, -0.2) is 0 Å². The molecule has 1 atom stereocenters. The number of carbonyl (C=O) groups excluding carboxylic acids is 2. The molecule has 0 spiro atoms. The summed E-state index contributed by atoms with van der Waals surface area (Å²) in [5.74, 6) is -2.45. The molecule has 1 rings (SSSR count). The summed E-state index contributed by atoms with van der Waals surface area (Å²) in [7, 11) is 0. The molecule has 0 heterocycles. The fourth-order valence-corrected chi connectivity index (χ4v) is 2.06. The lowest BCUT2D eigenvalue weighted by atomic mass is 9.85. The highest BCUT2D eigenvalue weighted by molar-refractivity contribution is 5.90. The Morgan fingerprint density at radius 2 is 1.65 bits per heavy atom. The monoisotopic (exact) mass is 288 g/mol. The van der Waals surface area contributed by atoms with E-state index >= 15 is 0 Å². The molecular weight excluding hydrogens is 273 g/mol. The van der Waals surface area contributed by atoms with Crippen LogP contribution >= 0.6 is 0 Å². The van der Waals surface area contributed by atoms with Gasteiger partial charge < -0.3 is 4.74 Å². The van der Waals surface area contributed by atoms with E-state index in [0.717, 1.165) is 13.8 Å². The molecule has 1 aromatic rings. The second-order valence-electron chi connectivity index (χ2n) is 4.65. The Kier molecular flexibility index (Phi) is 4.27. The van der Waals surface area contributed by atoms with Crippen LogP contribution in [-0.4, -0.2) is 17.9 Å². The van der Waals surface area contributed by atoms with Gasteiger partial charge in [0, 0.05) is 12.5 Å². The number of alkyl halides is 3. The number of aryl methyl sites for hydroxylation is 2. The van der Waals surface area contributed by atoms with Crippen molar-refractivity contribution in [3.05, 3.63) is 34.9 Å². The molecule has 0 saturated heterocycles. The summed E-state index contributed by atoms with van der Waals surface area (Å²) in [5.41, 5.74) is -2.85. The van der Waals surface area contributed by atoms with Crippen LogP contribution in [0.1, 0.15) is 30.5 Å². The van der Waals surface area contributed by atoms with Crippen LogP contribution in [0.25, 0.3) is 0 Å². The van der Waals surface area contributed by atoms with Gasteiger partial charge in [0.15, 0.2) is 5.78 Å². The van der Waals surface area contributed by atoms with Gasteiger partial charge in [-0.3, -0.25) is 9.59 Å². The molecule has 0 amide bonds. The van der Waals surface area contributed by atoms with Crippen LogP contribution in [0.2, 0.25) is 0 Å². The number of carbonyl (C=O) groups is 2. The molecule has 1 aromatic carbocycles. The summed E-state index contributed by atoms with van der Waals surface area (Å²) < 4.78 is 44.9. The van der Waals surface area contributed by atoms with Crippen molar-refractivity contribution in [3.63, 3.8) is 0 Å². The van der Waals surface area contributed by atoms with E-state index < -0.39 is 23.5 Å². The average Bonchev–Trinajstić information content (AvgIpc) is 2.27. The van der Waals surface area contributed by atoms with Gasteiger partial charge in [-0.15, -0.1) is 0 Å². The first-order valence-electron chi connectivity index (χ1n) is 5.87. The van der Waals surface area contributed by atoms with Gasteiger partial charge in [-0.1, -0.05) is 23.8 Å². The van der Waals surface area contributed by atoms with Gasteiger partial charge in [0.25, 0.3) is 5.60 Å². The van der Waals surface area contributed by atoms with Crippen LogP contribution in [-0.2, 0) is 19.9 Å². The van der Waals surface area contributed by atoms with Gasteiger partial charge in [0.05, 0.1) is 0 Å². The molecule has 0 radical (unpaired) electrons. The SMILES string of the molecule is CC(=O)O[C@@](C(C)=O)(c1cc(C)ccc1C)C(F)(F)F. The van der Waals surface area contributed by atoms with Crippen molar-refractivity contribution in [1.82, 2.24) is 0 Å². The second-order valence-corrected chi connectivity index (χ2v) is 4.65. The molecule has 0 aliphatic carbocycles. The number of ether oxygens (including phenoxy) is 1. The van der Waals surface area contributed by atoms with Gasteiger partial charge in [-0.2, -0.15) is 13.2 Å². The van der Waals surface area contributed by atoms with E-state index in [1.54, 1.807) is 13.0 Å². The third-order valence-corrected chi connectivity index (χ3v) is 2.96. The Morgan fingerprint density at radius 3 is 2.05 bits per heavy atom. The maximum atomic E-state index is 13.5. The van der Waals surface area contributed by atoms with Crippen molar-refractivity contribution in [2.24, 2.45) is 0 Å². The highest BCUT2D eigenvalue weighted by Gasteiger charge is 2.63. The molecule has 0 bridgehead atoms. The average molecular weight is 288 g/mol. The van der Waals surface area contributed by atoms with E-state index in [0.29, 0.717) is 5.56 Å². The predicted octanol–water partition coefficient (Wildman–Crippen LogP) is 3.21. The van der Waals surface area contributed by atoms with E-state index in [1.165, 1.54) is 19.1 Å². The summed E-state index contributed by atoms with van der Waals surface area (Å²) in [5, 5.41) is 0. The lowest BCUT2D eigenvalue weighted by Gasteiger charge is -2.34. The van der Waals surface area contributed by atoms with E-state index in [9.17, 15) is 22.8 Å². The predicted molar refractivity (Wildman–Crippen MR) is 66.1 cm³/mol. The first-order chi connectivity index (χ1) is 9.02. The van der Waals surface area contributed by atoms with Crippen LogP contribution in [0.4, 0.5) is 13.2 Å². The summed E-state index contributed by atoms with van der Waals surface area (Å²) in [6.45, 7) is 4.63. The number of rotatable bonds is 3. The third kappa shape index (κ3) is 2.69. The van der Waals surface area contributed by atoms with Crippen LogP contribution in [0.15, 0.2) is 18.2 Å². The van der Waals surface area contributed by atoms with Gasteiger partial charge >= 0.3 is 12.1 Å². The molecule has 110 valence electrons. The zero-order chi connectivity index (χ0) is 15.7.